The predicted octanol–water partition coefficient (Wildman–Crippen LogP) is 2.55. The fourth-order valence-electron chi connectivity index (χ4n) is 3.44. The monoisotopic (exact) mass is 286 g/mol. The Hall–Kier alpha value is -1.84. The van der Waals surface area contributed by atoms with E-state index >= 15 is 0 Å². The summed E-state index contributed by atoms with van der Waals surface area (Å²) < 4.78 is 0. The summed E-state index contributed by atoms with van der Waals surface area (Å²) in [6, 6.07) is 7.91. The van der Waals surface area contributed by atoms with Crippen molar-refractivity contribution >= 4 is 17.5 Å². The fraction of sp³-hybridized carbons (Fsp3) is 0.529. The standard InChI is InChI=1S/C17H22N2O2/c1-16(2,3)15(21)19-10-8-17(9-11-19)12-6-4-5-7-13(12)18-14(17)20/h4-7H,8-11H2,1-3H3,(H,18,20). The van der Waals surface area contributed by atoms with Crippen molar-refractivity contribution in [1.82, 2.24) is 4.90 Å². The van der Waals surface area contributed by atoms with E-state index in [1.165, 1.54) is 0 Å². The van der Waals surface area contributed by atoms with Gasteiger partial charge in [-0.3, -0.25) is 9.59 Å². The molecule has 4 heteroatoms. The van der Waals surface area contributed by atoms with Gasteiger partial charge < -0.3 is 10.2 Å². The van der Waals surface area contributed by atoms with Crippen molar-refractivity contribution in [2.45, 2.75) is 39.0 Å². The van der Waals surface area contributed by atoms with Crippen LogP contribution in [0, 0.1) is 5.41 Å². The Balaban J connectivity index is 1.83. The number of hydrogen-bond donors (Lipinski definition) is 1. The Morgan fingerprint density at radius 1 is 1.19 bits per heavy atom. The van der Waals surface area contributed by atoms with E-state index in [4.69, 9.17) is 0 Å². The second-order valence-electron chi connectivity index (χ2n) is 7.12. The van der Waals surface area contributed by atoms with Crippen LogP contribution in [0.4, 0.5) is 5.69 Å². The Labute approximate surface area is 125 Å². The summed E-state index contributed by atoms with van der Waals surface area (Å²) in [4.78, 5) is 26.7. The highest BCUT2D eigenvalue weighted by Gasteiger charge is 2.49. The first-order chi connectivity index (χ1) is 9.84. The van der Waals surface area contributed by atoms with E-state index in [0.717, 1.165) is 11.3 Å². The van der Waals surface area contributed by atoms with Gasteiger partial charge in [-0.1, -0.05) is 39.0 Å². The molecule has 2 amide bonds. The molecule has 1 fully saturated rings. The zero-order valence-corrected chi connectivity index (χ0v) is 12.9. The molecule has 3 rings (SSSR count). The quantitative estimate of drug-likeness (QED) is 0.797. The first-order valence-electron chi connectivity index (χ1n) is 7.55. The molecular weight excluding hydrogens is 264 g/mol. The van der Waals surface area contributed by atoms with E-state index in [-0.39, 0.29) is 17.2 Å². The highest BCUT2D eigenvalue weighted by molar-refractivity contribution is 6.06. The summed E-state index contributed by atoms with van der Waals surface area (Å²) in [7, 11) is 0. The highest BCUT2D eigenvalue weighted by Crippen LogP contribution is 2.45. The molecule has 1 aromatic rings. The van der Waals surface area contributed by atoms with Gasteiger partial charge in [0.25, 0.3) is 0 Å². The van der Waals surface area contributed by atoms with Crippen molar-refractivity contribution < 1.29 is 9.59 Å². The largest absolute Gasteiger partial charge is 0.342 e. The van der Waals surface area contributed by atoms with Crippen molar-refractivity contribution in [3.63, 3.8) is 0 Å². The van der Waals surface area contributed by atoms with Crippen LogP contribution in [0.5, 0.6) is 0 Å². The maximum atomic E-state index is 12.5. The molecule has 0 aliphatic carbocycles. The number of para-hydroxylation sites is 1. The summed E-state index contributed by atoms with van der Waals surface area (Å²) in [6.07, 6.45) is 1.41. The summed E-state index contributed by atoms with van der Waals surface area (Å²) in [6.45, 7) is 7.13. The molecule has 2 heterocycles. The van der Waals surface area contributed by atoms with Crippen molar-refractivity contribution in [3.8, 4) is 0 Å². The van der Waals surface area contributed by atoms with E-state index in [9.17, 15) is 9.59 Å². The molecule has 2 aliphatic rings. The summed E-state index contributed by atoms with van der Waals surface area (Å²) in [5, 5.41) is 2.99. The van der Waals surface area contributed by atoms with Crippen LogP contribution in [-0.2, 0) is 15.0 Å². The van der Waals surface area contributed by atoms with Gasteiger partial charge in [-0.05, 0) is 24.5 Å². The fourth-order valence-corrected chi connectivity index (χ4v) is 3.44. The normalized spacial score (nSPS) is 20.3. The second-order valence-corrected chi connectivity index (χ2v) is 7.12. The number of benzene rings is 1. The molecule has 0 unspecified atom stereocenters. The zero-order chi connectivity index (χ0) is 15.3. The van der Waals surface area contributed by atoms with Crippen molar-refractivity contribution in [2.24, 2.45) is 5.41 Å². The predicted molar refractivity (Wildman–Crippen MR) is 82.0 cm³/mol. The maximum absolute atomic E-state index is 12.5. The van der Waals surface area contributed by atoms with Gasteiger partial charge in [-0.25, -0.2) is 0 Å². The van der Waals surface area contributed by atoms with Crippen molar-refractivity contribution in [3.05, 3.63) is 29.8 Å². The SMILES string of the molecule is CC(C)(C)C(=O)N1CCC2(CC1)C(=O)Nc1ccccc12. The third kappa shape index (κ3) is 2.13. The van der Waals surface area contributed by atoms with Crippen LogP contribution in [0.15, 0.2) is 24.3 Å². The lowest BCUT2D eigenvalue weighted by atomic mass is 9.73. The van der Waals surface area contributed by atoms with Crippen molar-refractivity contribution in [2.75, 3.05) is 18.4 Å². The molecule has 1 aromatic carbocycles. The van der Waals surface area contributed by atoms with E-state index in [1.807, 2.05) is 49.9 Å². The third-order valence-corrected chi connectivity index (χ3v) is 4.67. The van der Waals surface area contributed by atoms with Crippen molar-refractivity contribution in [1.29, 1.82) is 0 Å². The first-order valence-corrected chi connectivity index (χ1v) is 7.55. The van der Waals surface area contributed by atoms with Crippen LogP contribution in [0.1, 0.15) is 39.2 Å². The Kier molecular flexibility index (Phi) is 3.08. The number of rotatable bonds is 0. The first kappa shape index (κ1) is 14.1. The third-order valence-electron chi connectivity index (χ3n) is 4.67. The Bertz CT molecular complexity index is 593. The molecule has 0 radical (unpaired) electrons. The van der Waals surface area contributed by atoms with Gasteiger partial charge in [0.1, 0.15) is 0 Å². The number of carbonyl (C=O) groups excluding carboxylic acids is 2. The van der Waals surface area contributed by atoms with Gasteiger partial charge in [-0.2, -0.15) is 0 Å². The van der Waals surface area contributed by atoms with E-state index in [1.54, 1.807) is 0 Å². The molecule has 0 aromatic heterocycles. The average Bonchev–Trinajstić information content (AvgIpc) is 2.71. The highest BCUT2D eigenvalue weighted by atomic mass is 16.2. The van der Waals surface area contributed by atoms with Gasteiger partial charge in [0.15, 0.2) is 0 Å². The minimum atomic E-state index is -0.439. The number of anilines is 1. The molecule has 1 saturated heterocycles. The number of carbonyl (C=O) groups is 2. The van der Waals surface area contributed by atoms with Gasteiger partial charge in [0.2, 0.25) is 11.8 Å². The van der Waals surface area contributed by atoms with Gasteiger partial charge in [0, 0.05) is 24.2 Å². The van der Waals surface area contributed by atoms with Gasteiger partial charge in [-0.15, -0.1) is 0 Å². The Morgan fingerprint density at radius 3 is 2.43 bits per heavy atom. The van der Waals surface area contributed by atoms with E-state index in [0.29, 0.717) is 25.9 Å². The number of fused-ring (bicyclic) bond motifs is 2. The second kappa shape index (κ2) is 4.58. The summed E-state index contributed by atoms with van der Waals surface area (Å²) in [5.41, 5.74) is 1.22. The number of nitrogens with zero attached hydrogens (tertiary/aromatic N) is 1. The molecule has 0 atom stereocenters. The molecule has 21 heavy (non-hydrogen) atoms. The van der Waals surface area contributed by atoms with Gasteiger partial charge in [0.05, 0.1) is 5.41 Å². The molecule has 0 saturated carbocycles. The van der Waals surface area contributed by atoms with Crippen LogP contribution in [0.3, 0.4) is 0 Å². The average molecular weight is 286 g/mol. The minimum Gasteiger partial charge on any atom is -0.342 e. The number of piperidine rings is 1. The van der Waals surface area contributed by atoms with E-state index in [2.05, 4.69) is 5.32 Å². The molecule has 4 nitrogen and oxygen atoms in total. The molecular formula is C17H22N2O2. The Morgan fingerprint density at radius 2 is 1.81 bits per heavy atom. The van der Waals surface area contributed by atoms with Crippen LogP contribution in [0.25, 0.3) is 0 Å². The summed E-state index contributed by atoms with van der Waals surface area (Å²) >= 11 is 0. The lowest BCUT2D eigenvalue weighted by Crippen LogP contribution is -2.50. The molecule has 112 valence electrons. The van der Waals surface area contributed by atoms with Gasteiger partial charge >= 0.3 is 0 Å². The number of amides is 2. The lowest BCUT2D eigenvalue weighted by Gasteiger charge is -2.40. The number of nitrogens with one attached hydrogen (secondary N) is 1. The minimum absolute atomic E-state index is 0.0894. The topological polar surface area (TPSA) is 49.4 Å². The number of hydrogen-bond acceptors (Lipinski definition) is 2. The summed E-state index contributed by atoms with van der Waals surface area (Å²) in [5.74, 6) is 0.260. The lowest BCUT2D eigenvalue weighted by molar-refractivity contribution is -0.142. The molecule has 0 bridgehead atoms. The zero-order valence-electron chi connectivity index (χ0n) is 12.9. The molecule has 1 spiro atoms. The van der Waals surface area contributed by atoms with Crippen LogP contribution >= 0.6 is 0 Å². The molecule has 1 N–H and O–H groups in total. The van der Waals surface area contributed by atoms with Crippen LogP contribution in [-0.4, -0.2) is 29.8 Å². The molecule has 2 aliphatic heterocycles. The van der Waals surface area contributed by atoms with Crippen LogP contribution < -0.4 is 5.32 Å². The number of likely N-dealkylation sites (tertiary alicyclic amines) is 1. The van der Waals surface area contributed by atoms with E-state index < -0.39 is 5.41 Å². The smallest absolute Gasteiger partial charge is 0.235 e. The maximum Gasteiger partial charge on any atom is 0.235 e. The van der Waals surface area contributed by atoms with Crippen LogP contribution in [0.2, 0.25) is 0 Å².